The molecule has 132 valence electrons. The largest absolute Gasteiger partial charge is 0.418 e. The second-order valence-electron chi connectivity index (χ2n) is 6.86. The van der Waals surface area contributed by atoms with E-state index in [1.165, 1.54) is 0 Å². The van der Waals surface area contributed by atoms with Crippen molar-refractivity contribution in [1.29, 1.82) is 0 Å². The van der Waals surface area contributed by atoms with Crippen molar-refractivity contribution in [1.82, 2.24) is 0 Å². The molecule has 3 rings (SSSR count). The monoisotopic (exact) mass is 351 g/mol. The molecule has 0 spiro atoms. The highest BCUT2D eigenvalue weighted by Gasteiger charge is 2.62. The number of amides is 1. The molecule has 0 aromatic heterocycles. The zero-order valence-corrected chi connectivity index (χ0v) is 13.7. The van der Waals surface area contributed by atoms with Crippen molar-refractivity contribution in [3.05, 3.63) is 65.5 Å². The maximum Gasteiger partial charge on any atom is 0.418 e. The fourth-order valence-electron chi connectivity index (χ4n) is 3.48. The predicted molar refractivity (Wildman–Crippen MR) is 86.5 cm³/mol. The van der Waals surface area contributed by atoms with E-state index < -0.39 is 35.1 Å². The standard InChI is InChI=1S/C19H17F4NO/c1-18(2)15(11-6-4-3-5-7-11)16(18)17(25)24-14-9-8-12(20)10-13(14)19(21,22)23/h3-10,15-16H,1-2H3,(H,24,25)/t15-,16+/m0/s1. The molecule has 1 N–H and O–H groups in total. The third-order valence-electron chi connectivity index (χ3n) is 4.81. The highest BCUT2D eigenvalue weighted by Crippen LogP contribution is 2.64. The first-order valence-electron chi connectivity index (χ1n) is 7.85. The molecule has 0 unspecified atom stereocenters. The third-order valence-corrected chi connectivity index (χ3v) is 4.81. The highest BCUT2D eigenvalue weighted by molar-refractivity contribution is 5.97. The minimum absolute atomic E-state index is 0.0662. The van der Waals surface area contributed by atoms with Crippen LogP contribution in [-0.4, -0.2) is 5.91 Å². The molecule has 0 radical (unpaired) electrons. The van der Waals surface area contributed by atoms with Gasteiger partial charge in [0.25, 0.3) is 0 Å². The second kappa shape index (κ2) is 5.86. The van der Waals surface area contributed by atoms with E-state index in [1.54, 1.807) is 0 Å². The number of hydrogen-bond donors (Lipinski definition) is 1. The van der Waals surface area contributed by atoms with Gasteiger partial charge in [0.15, 0.2) is 0 Å². The van der Waals surface area contributed by atoms with E-state index in [2.05, 4.69) is 5.32 Å². The van der Waals surface area contributed by atoms with Crippen LogP contribution in [0.3, 0.4) is 0 Å². The van der Waals surface area contributed by atoms with Gasteiger partial charge in [-0.25, -0.2) is 4.39 Å². The lowest BCUT2D eigenvalue weighted by Gasteiger charge is -2.14. The number of benzene rings is 2. The number of alkyl halides is 3. The van der Waals surface area contributed by atoms with Gasteiger partial charge in [-0.1, -0.05) is 44.2 Å². The molecule has 2 aromatic rings. The molecular formula is C19H17F4NO. The number of hydrogen-bond acceptors (Lipinski definition) is 1. The van der Waals surface area contributed by atoms with E-state index in [-0.39, 0.29) is 11.3 Å². The lowest BCUT2D eigenvalue weighted by atomic mass is 10.0. The molecule has 1 aliphatic rings. The van der Waals surface area contributed by atoms with Gasteiger partial charge in [-0.15, -0.1) is 0 Å². The van der Waals surface area contributed by atoms with Crippen LogP contribution in [-0.2, 0) is 11.0 Å². The van der Waals surface area contributed by atoms with E-state index in [4.69, 9.17) is 0 Å². The summed E-state index contributed by atoms with van der Waals surface area (Å²) < 4.78 is 52.4. The van der Waals surface area contributed by atoms with E-state index in [0.29, 0.717) is 6.07 Å². The maximum atomic E-state index is 13.2. The topological polar surface area (TPSA) is 29.1 Å². The molecule has 1 aliphatic carbocycles. The molecule has 1 fully saturated rings. The van der Waals surface area contributed by atoms with Crippen molar-refractivity contribution in [3.63, 3.8) is 0 Å². The first-order chi connectivity index (χ1) is 11.6. The fraction of sp³-hybridized carbons (Fsp3) is 0.316. The molecule has 2 aromatic carbocycles. The quantitative estimate of drug-likeness (QED) is 0.755. The highest BCUT2D eigenvalue weighted by atomic mass is 19.4. The lowest BCUT2D eigenvalue weighted by Crippen LogP contribution is -2.20. The summed E-state index contributed by atoms with van der Waals surface area (Å²) in [5.74, 6) is -2.00. The minimum Gasteiger partial charge on any atom is -0.325 e. The van der Waals surface area contributed by atoms with Gasteiger partial charge >= 0.3 is 6.18 Å². The van der Waals surface area contributed by atoms with Crippen molar-refractivity contribution >= 4 is 11.6 Å². The fourth-order valence-corrected chi connectivity index (χ4v) is 3.48. The van der Waals surface area contributed by atoms with Gasteiger partial charge in [0, 0.05) is 5.92 Å². The van der Waals surface area contributed by atoms with Gasteiger partial charge in [-0.2, -0.15) is 13.2 Å². The Morgan fingerprint density at radius 2 is 1.72 bits per heavy atom. The summed E-state index contributed by atoms with van der Waals surface area (Å²) in [6.07, 6.45) is -4.75. The summed E-state index contributed by atoms with van der Waals surface area (Å²) >= 11 is 0. The Kier molecular flexibility index (Phi) is 4.09. The summed E-state index contributed by atoms with van der Waals surface area (Å²) in [6, 6.07) is 11.6. The third kappa shape index (κ3) is 3.25. The molecule has 1 amide bonds. The van der Waals surface area contributed by atoms with Crippen LogP contribution in [0.1, 0.15) is 30.9 Å². The summed E-state index contributed by atoms with van der Waals surface area (Å²) in [5.41, 5.74) is -0.990. The number of anilines is 1. The van der Waals surface area contributed by atoms with Crippen LogP contribution in [0.4, 0.5) is 23.2 Å². The zero-order valence-electron chi connectivity index (χ0n) is 13.7. The molecule has 2 atom stereocenters. The van der Waals surface area contributed by atoms with Crippen molar-refractivity contribution in [2.45, 2.75) is 25.9 Å². The Hall–Kier alpha value is -2.37. The number of carbonyl (C=O) groups excluding carboxylic acids is 1. The van der Waals surface area contributed by atoms with Gasteiger partial charge in [0.05, 0.1) is 17.2 Å². The number of rotatable bonds is 3. The first-order valence-corrected chi connectivity index (χ1v) is 7.85. The van der Waals surface area contributed by atoms with Crippen LogP contribution < -0.4 is 5.32 Å². The van der Waals surface area contributed by atoms with E-state index in [0.717, 1.165) is 17.7 Å². The zero-order chi connectivity index (χ0) is 18.4. The summed E-state index contributed by atoms with van der Waals surface area (Å²) in [5, 5.41) is 2.34. The van der Waals surface area contributed by atoms with Crippen molar-refractivity contribution in [2.24, 2.45) is 11.3 Å². The van der Waals surface area contributed by atoms with Crippen molar-refractivity contribution in [2.75, 3.05) is 5.32 Å². The van der Waals surface area contributed by atoms with Gasteiger partial charge in [0.1, 0.15) is 5.82 Å². The molecular weight excluding hydrogens is 334 g/mol. The van der Waals surface area contributed by atoms with E-state index in [9.17, 15) is 22.4 Å². The average molecular weight is 351 g/mol. The van der Waals surface area contributed by atoms with Crippen LogP contribution in [0.5, 0.6) is 0 Å². The van der Waals surface area contributed by atoms with Gasteiger partial charge in [-0.3, -0.25) is 4.79 Å². The van der Waals surface area contributed by atoms with Crippen LogP contribution in [0.15, 0.2) is 48.5 Å². The van der Waals surface area contributed by atoms with Crippen molar-refractivity contribution < 1.29 is 22.4 Å². The molecule has 0 heterocycles. The molecule has 25 heavy (non-hydrogen) atoms. The van der Waals surface area contributed by atoms with E-state index >= 15 is 0 Å². The van der Waals surface area contributed by atoms with Crippen LogP contribution in [0.2, 0.25) is 0 Å². The predicted octanol–water partition coefficient (Wildman–Crippen LogP) is 5.22. The number of carbonyl (C=O) groups is 1. The normalized spacial score (nSPS) is 21.7. The Balaban J connectivity index is 1.85. The molecule has 2 nitrogen and oxygen atoms in total. The van der Waals surface area contributed by atoms with E-state index in [1.807, 2.05) is 44.2 Å². The Labute approximate surface area is 142 Å². The van der Waals surface area contributed by atoms with Crippen LogP contribution in [0, 0.1) is 17.2 Å². The average Bonchev–Trinajstić information content (AvgIpc) is 3.11. The van der Waals surface area contributed by atoms with Gasteiger partial charge in [0.2, 0.25) is 5.91 Å². The summed E-state index contributed by atoms with van der Waals surface area (Å²) in [7, 11) is 0. The van der Waals surface area contributed by atoms with Crippen molar-refractivity contribution in [3.8, 4) is 0 Å². The molecule has 1 saturated carbocycles. The Bertz CT molecular complexity index is 799. The first kappa shape index (κ1) is 17.5. The maximum absolute atomic E-state index is 13.2. The van der Waals surface area contributed by atoms with Gasteiger partial charge < -0.3 is 5.32 Å². The summed E-state index contributed by atoms with van der Waals surface area (Å²) in [4.78, 5) is 12.6. The molecule has 0 aliphatic heterocycles. The molecule has 6 heteroatoms. The Morgan fingerprint density at radius 3 is 2.32 bits per heavy atom. The smallest absolute Gasteiger partial charge is 0.325 e. The van der Waals surface area contributed by atoms with Crippen LogP contribution in [0.25, 0.3) is 0 Å². The SMILES string of the molecule is CC1(C)[C@@H](C(=O)Nc2ccc(F)cc2C(F)(F)F)[C@@H]1c1ccccc1. The minimum atomic E-state index is -4.75. The lowest BCUT2D eigenvalue weighted by molar-refractivity contribution is -0.137. The number of halogens is 4. The molecule has 0 bridgehead atoms. The molecule has 0 saturated heterocycles. The summed E-state index contributed by atoms with van der Waals surface area (Å²) in [6.45, 7) is 3.81. The second-order valence-corrected chi connectivity index (χ2v) is 6.86. The van der Waals surface area contributed by atoms with Crippen LogP contribution >= 0.6 is 0 Å². The Morgan fingerprint density at radius 1 is 1.08 bits per heavy atom. The van der Waals surface area contributed by atoms with Gasteiger partial charge in [-0.05, 0) is 29.2 Å². The number of nitrogens with one attached hydrogen (secondary N) is 1.